The fourth-order valence-electron chi connectivity index (χ4n) is 3.32. The van der Waals surface area contributed by atoms with E-state index in [2.05, 4.69) is 9.71 Å². The Hall–Kier alpha value is -3.65. The van der Waals surface area contributed by atoms with Gasteiger partial charge in [0.2, 0.25) is 0 Å². The number of nitrogens with zero attached hydrogens (tertiary/aromatic N) is 2. The summed E-state index contributed by atoms with van der Waals surface area (Å²) in [4.78, 5) is 9.43. The van der Waals surface area contributed by atoms with Gasteiger partial charge < -0.3 is 9.47 Å². The van der Waals surface area contributed by atoms with Crippen LogP contribution in [0, 0.1) is 6.92 Å². The summed E-state index contributed by atoms with van der Waals surface area (Å²) in [5, 5.41) is 0. The number of para-hydroxylation sites is 2. The maximum absolute atomic E-state index is 13.0. The highest BCUT2D eigenvalue weighted by Gasteiger charge is 2.20. The lowest BCUT2D eigenvalue weighted by Crippen LogP contribution is -2.16. The predicted molar refractivity (Wildman–Crippen MR) is 131 cm³/mol. The number of sulfonamides is 1. The van der Waals surface area contributed by atoms with Crippen molar-refractivity contribution in [2.24, 2.45) is 0 Å². The molecule has 0 aliphatic carbocycles. The molecule has 7 nitrogen and oxygen atoms in total. The van der Waals surface area contributed by atoms with Gasteiger partial charge in [-0.2, -0.15) is 0 Å². The molecular formula is C25H27N3O4S. The van der Waals surface area contributed by atoms with Crippen LogP contribution in [0.4, 0.5) is 5.82 Å². The van der Waals surface area contributed by atoms with Gasteiger partial charge >= 0.3 is 0 Å². The van der Waals surface area contributed by atoms with Crippen molar-refractivity contribution in [2.75, 3.05) is 18.9 Å². The highest BCUT2D eigenvalue weighted by molar-refractivity contribution is 7.92. The smallest absolute Gasteiger partial charge is 0.263 e. The van der Waals surface area contributed by atoms with Gasteiger partial charge in [-0.05, 0) is 37.3 Å². The largest absolute Gasteiger partial charge is 0.497 e. The van der Waals surface area contributed by atoms with Crippen LogP contribution in [0.2, 0.25) is 0 Å². The first-order valence-corrected chi connectivity index (χ1v) is 11.4. The number of benzene rings is 3. The van der Waals surface area contributed by atoms with Crippen molar-refractivity contribution in [1.29, 1.82) is 0 Å². The zero-order valence-electron chi connectivity index (χ0n) is 18.0. The number of methoxy groups -OCH3 is 2. The molecule has 172 valence electrons. The Morgan fingerprint density at radius 1 is 0.879 bits per heavy atom. The fraction of sp³-hybridized carbons (Fsp3) is 0.200. The minimum Gasteiger partial charge on any atom is -0.497 e. The number of fused-ring (bicyclic) bond motifs is 1. The van der Waals surface area contributed by atoms with Crippen LogP contribution in [0.25, 0.3) is 11.0 Å². The van der Waals surface area contributed by atoms with Crippen molar-refractivity contribution in [3.05, 3.63) is 83.6 Å². The number of hydrogen-bond donors (Lipinski definition) is 1. The van der Waals surface area contributed by atoms with Crippen LogP contribution >= 0.6 is 0 Å². The van der Waals surface area contributed by atoms with Gasteiger partial charge in [0.05, 0.1) is 35.8 Å². The molecule has 0 unspecified atom stereocenters. The van der Waals surface area contributed by atoms with Crippen LogP contribution in [0.5, 0.6) is 11.5 Å². The Labute approximate surface area is 194 Å². The van der Waals surface area contributed by atoms with Crippen LogP contribution < -0.4 is 14.2 Å². The third-order valence-electron chi connectivity index (χ3n) is 5.06. The Kier molecular flexibility index (Phi) is 7.18. The molecule has 0 spiro atoms. The Morgan fingerprint density at radius 3 is 2.18 bits per heavy atom. The van der Waals surface area contributed by atoms with Crippen molar-refractivity contribution < 1.29 is 17.9 Å². The van der Waals surface area contributed by atoms with Gasteiger partial charge in [-0.15, -0.1) is 0 Å². The molecule has 0 bridgehead atoms. The maximum Gasteiger partial charge on any atom is 0.263 e. The van der Waals surface area contributed by atoms with E-state index in [1.807, 2.05) is 37.3 Å². The van der Waals surface area contributed by atoms with Gasteiger partial charge in [0.15, 0.2) is 5.82 Å². The normalized spacial score (nSPS) is 11.0. The summed E-state index contributed by atoms with van der Waals surface area (Å²) in [6, 6.07) is 19.4. The lowest BCUT2D eigenvalue weighted by atomic mass is 10.1. The third kappa shape index (κ3) is 5.23. The van der Waals surface area contributed by atoms with Crippen LogP contribution in [-0.4, -0.2) is 32.6 Å². The molecule has 33 heavy (non-hydrogen) atoms. The second-order valence-corrected chi connectivity index (χ2v) is 8.96. The number of aryl methyl sites for hydroxylation is 1. The van der Waals surface area contributed by atoms with Crippen molar-refractivity contribution in [2.45, 2.75) is 25.7 Å². The Balaban J connectivity index is 0.00000306. The molecule has 0 saturated carbocycles. The first kappa shape index (κ1) is 24.0. The van der Waals surface area contributed by atoms with Gasteiger partial charge in [0.25, 0.3) is 10.0 Å². The molecule has 4 rings (SSSR count). The van der Waals surface area contributed by atoms with E-state index in [9.17, 15) is 8.42 Å². The van der Waals surface area contributed by atoms with E-state index in [0.29, 0.717) is 34.6 Å². The molecule has 0 fully saturated rings. The van der Waals surface area contributed by atoms with E-state index in [4.69, 9.17) is 14.5 Å². The SMILES string of the molecule is C.COc1ccc(Cc2nc3ccccc3nc2NS(=O)(=O)c2ccc(C)cc2)c(OC)c1. The van der Waals surface area contributed by atoms with Gasteiger partial charge in [-0.25, -0.2) is 18.4 Å². The first-order valence-electron chi connectivity index (χ1n) is 9.95. The number of ether oxygens (including phenoxy) is 2. The summed E-state index contributed by atoms with van der Waals surface area (Å²) in [7, 11) is -0.684. The van der Waals surface area contributed by atoms with Crippen LogP contribution in [-0.2, 0) is 16.4 Å². The lowest BCUT2D eigenvalue weighted by molar-refractivity contribution is 0.391. The van der Waals surface area contributed by atoms with E-state index in [-0.39, 0.29) is 18.1 Å². The van der Waals surface area contributed by atoms with E-state index >= 15 is 0 Å². The molecule has 1 N–H and O–H groups in total. The van der Waals surface area contributed by atoms with E-state index in [1.165, 1.54) is 0 Å². The summed E-state index contributed by atoms with van der Waals surface area (Å²) < 4.78 is 39.5. The molecule has 0 amide bonds. The molecule has 8 heteroatoms. The average Bonchev–Trinajstić information content (AvgIpc) is 2.79. The third-order valence-corrected chi connectivity index (χ3v) is 6.41. The molecule has 0 aliphatic heterocycles. The van der Waals surface area contributed by atoms with Crippen molar-refractivity contribution in [3.8, 4) is 11.5 Å². The van der Waals surface area contributed by atoms with Gasteiger partial charge in [0, 0.05) is 18.1 Å². The van der Waals surface area contributed by atoms with Crippen LogP contribution in [0.3, 0.4) is 0 Å². The number of hydrogen-bond acceptors (Lipinski definition) is 6. The predicted octanol–water partition coefficient (Wildman–Crippen LogP) is 4.98. The summed E-state index contributed by atoms with van der Waals surface area (Å²) in [6.07, 6.45) is 0.316. The Bertz CT molecular complexity index is 1370. The van der Waals surface area contributed by atoms with E-state index in [0.717, 1.165) is 11.1 Å². The van der Waals surface area contributed by atoms with Gasteiger partial charge in [0.1, 0.15) is 11.5 Å². The molecule has 0 atom stereocenters. The fourth-order valence-corrected chi connectivity index (χ4v) is 4.35. The second-order valence-electron chi connectivity index (χ2n) is 7.28. The zero-order valence-corrected chi connectivity index (χ0v) is 18.8. The molecular weight excluding hydrogens is 438 g/mol. The van der Waals surface area contributed by atoms with E-state index < -0.39 is 10.0 Å². The van der Waals surface area contributed by atoms with Gasteiger partial charge in [-0.1, -0.05) is 43.3 Å². The number of anilines is 1. The molecule has 0 radical (unpaired) electrons. The highest BCUT2D eigenvalue weighted by Crippen LogP contribution is 2.29. The Morgan fingerprint density at radius 2 is 1.55 bits per heavy atom. The van der Waals surface area contributed by atoms with Crippen molar-refractivity contribution in [1.82, 2.24) is 9.97 Å². The van der Waals surface area contributed by atoms with Gasteiger partial charge in [-0.3, -0.25) is 4.72 Å². The van der Waals surface area contributed by atoms with Crippen molar-refractivity contribution in [3.63, 3.8) is 0 Å². The van der Waals surface area contributed by atoms with Crippen molar-refractivity contribution >= 4 is 26.9 Å². The molecule has 3 aromatic carbocycles. The molecule has 1 aromatic heterocycles. The topological polar surface area (TPSA) is 90.4 Å². The minimum atomic E-state index is -3.84. The van der Waals surface area contributed by atoms with Crippen LogP contribution in [0.15, 0.2) is 71.6 Å². The molecule has 4 aromatic rings. The monoisotopic (exact) mass is 465 g/mol. The molecule has 0 aliphatic rings. The highest BCUT2D eigenvalue weighted by atomic mass is 32.2. The quantitative estimate of drug-likeness (QED) is 0.414. The van der Waals surface area contributed by atoms with Crippen LogP contribution in [0.1, 0.15) is 24.2 Å². The zero-order chi connectivity index (χ0) is 22.7. The summed E-state index contributed by atoms with van der Waals surface area (Å²) in [5.41, 5.74) is 3.56. The average molecular weight is 466 g/mol. The maximum atomic E-state index is 13.0. The first-order chi connectivity index (χ1) is 15.4. The molecule has 0 saturated heterocycles. The number of nitrogens with one attached hydrogen (secondary N) is 1. The summed E-state index contributed by atoms with van der Waals surface area (Å²) in [5.74, 6) is 1.46. The number of rotatable bonds is 7. The van der Waals surface area contributed by atoms with E-state index in [1.54, 1.807) is 50.6 Å². The molecule has 1 heterocycles. The standard InChI is InChI=1S/C24H23N3O4S.CH4/c1-16-8-12-19(13-9-16)32(28,29)27-24-22(25-20-6-4-5-7-21(20)26-24)14-17-10-11-18(30-2)15-23(17)31-3;/h4-13,15H,14H2,1-3H3,(H,26,27);1H4. The summed E-state index contributed by atoms with van der Waals surface area (Å²) >= 11 is 0. The minimum absolute atomic E-state index is 0. The second kappa shape index (κ2) is 9.87. The lowest BCUT2D eigenvalue weighted by Gasteiger charge is -2.14. The summed E-state index contributed by atoms with van der Waals surface area (Å²) in [6.45, 7) is 1.90. The number of aromatic nitrogens is 2.